The highest BCUT2D eigenvalue weighted by molar-refractivity contribution is 4.94. The van der Waals surface area contributed by atoms with Crippen molar-refractivity contribution in [3.05, 3.63) is 10.1 Å². The molecule has 5 nitrogen and oxygen atoms in total. The second-order valence-corrected chi connectivity index (χ2v) is 3.13. The van der Waals surface area contributed by atoms with E-state index < -0.39 is 11.3 Å². The van der Waals surface area contributed by atoms with E-state index in [1.165, 1.54) is 20.8 Å². The lowest BCUT2D eigenvalue weighted by molar-refractivity contribution is -0.884. The summed E-state index contributed by atoms with van der Waals surface area (Å²) in [5.41, 5.74) is -2.57. The van der Waals surface area contributed by atoms with Crippen LogP contribution < -0.4 is 0 Å². The van der Waals surface area contributed by atoms with Gasteiger partial charge in [-0.15, -0.1) is 0 Å². The predicted molar refractivity (Wildman–Crippen MR) is 33.5 cm³/mol. The van der Waals surface area contributed by atoms with E-state index in [-0.39, 0.29) is 10.0 Å². The molecule has 58 valence electrons. The second kappa shape index (κ2) is 1.49. The van der Waals surface area contributed by atoms with Crippen LogP contribution in [0, 0.1) is 10.1 Å². The van der Waals surface area contributed by atoms with Crippen molar-refractivity contribution in [2.75, 3.05) is 0 Å². The molecule has 5 heteroatoms. The lowest BCUT2D eigenvalue weighted by atomic mass is 9.88. The van der Waals surface area contributed by atoms with Crippen molar-refractivity contribution in [3.8, 4) is 0 Å². The topological polar surface area (TPSA) is 66.6 Å². The molecule has 1 unspecified atom stereocenters. The summed E-state index contributed by atoms with van der Waals surface area (Å²) in [5.74, 6) is 0. The summed E-state index contributed by atoms with van der Waals surface area (Å²) in [4.78, 5) is 10.6. The van der Waals surface area contributed by atoms with Crippen LogP contribution in [0.5, 0.6) is 0 Å². The van der Waals surface area contributed by atoms with Crippen LogP contribution in [0.25, 0.3) is 0 Å². The zero-order valence-electron chi connectivity index (χ0n) is 6.16. The van der Waals surface area contributed by atoms with Crippen molar-refractivity contribution in [3.63, 3.8) is 0 Å². The Morgan fingerprint density at radius 2 is 1.90 bits per heavy atom. The Bertz CT molecular complexity index is 187. The first-order chi connectivity index (χ1) is 4.32. The van der Waals surface area contributed by atoms with Gasteiger partial charge in [0, 0.05) is 6.92 Å². The molecule has 1 atom stereocenters. The van der Waals surface area contributed by atoms with Crippen molar-refractivity contribution in [2.45, 2.75) is 32.0 Å². The Kier molecular flexibility index (Phi) is 1.10. The average Bonchev–Trinajstić information content (AvgIpc) is 1.84. The van der Waals surface area contributed by atoms with Gasteiger partial charge in [-0.1, -0.05) is 0 Å². The van der Waals surface area contributed by atoms with Gasteiger partial charge in [-0.3, -0.25) is 0 Å². The molecule has 0 aromatic rings. The molecule has 0 radical (unpaired) electrons. The van der Waals surface area contributed by atoms with Gasteiger partial charge in [0.2, 0.25) is 0 Å². The van der Waals surface area contributed by atoms with Crippen molar-refractivity contribution in [1.29, 1.82) is 0 Å². The minimum Gasteiger partial charge on any atom is -0.703 e. The summed E-state index contributed by atoms with van der Waals surface area (Å²) in [6, 6.07) is 0. The Balaban J connectivity index is 2.92. The molecule has 10 heavy (non-hydrogen) atoms. The van der Waals surface area contributed by atoms with E-state index in [4.69, 9.17) is 0 Å². The first-order valence-corrected chi connectivity index (χ1v) is 2.99. The van der Waals surface area contributed by atoms with Gasteiger partial charge in [-0.25, -0.2) is 0 Å². The Hall–Kier alpha value is -0.680. The number of hydrogen-bond donors (Lipinski definition) is 1. The zero-order valence-corrected chi connectivity index (χ0v) is 6.16. The van der Waals surface area contributed by atoms with Gasteiger partial charge >= 0.3 is 5.72 Å². The van der Waals surface area contributed by atoms with Crippen LogP contribution >= 0.6 is 0 Å². The van der Waals surface area contributed by atoms with E-state index in [9.17, 15) is 15.2 Å². The van der Waals surface area contributed by atoms with Crippen LogP contribution in [0.15, 0.2) is 0 Å². The third-order valence-electron chi connectivity index (χ3n) is 2.17. The third kappa shape index (κ3) is 0.494. The van der Waals surface area contributed by atoms with E-state index >= 15 is 0 Å². The van der Waals surface area contributed by atoms with Crippen molar-refractivity contribution < 1.29 is 9.98 Å². The number of hydrogen-bond acceptors (Lipinski definition) is 3. The highest BCUT2D eigenvalue weighted by atomic mass is 16.6. The first kappa shape index (κ1) is 7.43. The van der Waals surface area contributed by atoms with Gasteiger partial charge in [0.15, 0.2) is 5.54 Å². The van der Waals surface area contributed by atoms with Gasteiger partial charge in [-0.05, 0) is 13.8 Å². The maximum atomic E-state index is 10.7. The molecule has 1 rings (SSSR count). The molecule has 1 aliphatic rings. The summed E-state index contributed by atoms with van der Waals surface area (Å²) in [6.45, 7) is 4.33. The SMILES string of the molecule is CC1(C)N([O-])[N+](=O)C1(C)O. The maximum absolute atomic E-state index is 10.7. The van der Waals surface area contributed by atoms with Gasteiger partial charge in [0.05, 0.1) is 4.91 Å². The van der Waals surface area contributed by atoms with Crippen LogP contribution in [0.3, 0.4) is 0 Å². The summed E-state index contributed by atoms with van der Waals surface area (Å²) in [5, 5.41) is 20.1. The zero-order chi connectivity index (χ0) is 8.15. The highest BCUT2D eigenvalue weighted by Gasteiger charge is 2.69. The molecule has 1 heterocycles. The first-order valence-electron chi connectivity index (χ1n) is 2.99. The molecule has 1 aliphatic heterocycles. The standard InChI is InChI=1S/C5H10N2O3/c1-4(2)5(3,8)7(10)6(4)9/h8H,1-3H3. The third-order valence-corrected chi connectivity index (χ3v) is 2.17. The smallest absolute Gasteiger partial charge is 0.367 e. The summed E-state index contributed by atoms with van der Waals surface area (Å²) >= 11 is 0. The molecular formula is C5H10N2O3. The Labute approximate surface area is 58.4 Å². The molecule has 0 amide bonds. The van der Waals surface area contributed by atoms with Crippen molar-refractivity contribution in [2.24, 2.45) is 0 Å². The fourth-order valence-corrected chi connectivity index (χ4v) is 0.774. The molecule has 0 bridgehead atoms. The number of aliphatic hydroxyl groups is 1. The van der Waals surface area contributed by atoms with Gasteiger partial charge in [0.1, 0.15) is 4.87 Å². The number of rotatable bonds is 0. The average molecular weight is 146 g/mol. The normalized spacial score (nSPS) is 37.7. The van der Waals surface area contributed by atoms with Crippen LogP contribution in [0.2, 0.25) is 0 Å². The second-order valence-electron chi connectivity index (χ2n) is 3.13. The Morgan fingerprint density at radius 1 is 1.50 bits per heavy atom. The predicted octanol–water partition coefficient (Wildman–Crippen LogP) is -0.0192. The molecule has 0 saturated carbocycles. The van der Waals surface area contributed by atoms with Crippen molar-refractivity contribution in [1.82, 2.24) is 5.17 Å². The number of hydrazine groups is 1. The molecular weight excluding hydrogens is 136 g/mol. The molecule has 1 saturated heterocycles. The molecule has 1 fully saturated rings. The monoisotopic (exact) mass is 146 g/mol. The lowest BCUT2D eigenvalue weighted by Crippen LogP contribution is -2.77. The molecule has 0 aromatic carbocycles. The van der Waals surface area contributed by atoms with Crippen LogP contribution in [-0.4, -0.2) is 26.4 Å². The maximum Gasteiger partial charge on any atom is 0.367 e. The number of nitrogens with zero attached hydrogens (tertiary/aromatic N) is 2. The number of hydroxylamine groups is 1. The fraction of sp³-hybridized carbons (Fsp3) is 1.00. The minimum atomic E-state index is -1.56. The van der Waals surface area contributed by atoms with Crippen LogP contribution in [-0.2, 0) is 0 Å². The van der Waals surface area contributed by atoms with Gasteiger partial charge < -0.3 is 10.3 Å². The number of nitroso groups, excluding NO2 is 1. The lowest BCUT2D eigenvalue weighted by Gasteiger charge is -2.50. The molecule has 0 aliphatic carbocycles. The van der Waals surface area contributed by atoms with Crippen molar-refractivity contribution >= 4 is 0 Å². The van der Waals surface area contributed by atoms with E-state index in [1.54, 1.807) is 0 Å². The van der Waals surface area contributed by atoms with E-state index in [0.717, 1.165) is 0 Å². The van der Waals surface area contributed by atoms with Crippen LogP contribution in [0.4, 0.5) is 0 Å². The molecule has 0 aromatic heterocycles. The summed E-state index contributed by atoms with van der Waals surface area (Å²) in [6.07, 6.45) is 0. The summed E-state index contributed by atoms with van der Waals surface area (Å²) in [7, 11) is 0. The summed E-state index contributed by atoms with van der Waals surface area (Å²) < 4.78 is 0. The molecule has 1 N–H and O–H groups in total. The fourth-order valence-electron chi connectivity index (χ4n) is 0.774. The largest absolute Gasteiger partial charge is 0.703 e. The van der Waals surface area contributed by atoms with E-state index in [0.29, 0.717) is 0 Å². The minimum absolute atomic E-state index is 0.0208. The van der Waals surface area contributed by atoms with E-state index in [2.05, 4.69) is 0 Å². The van der Waals surface area contributed by atoms with Gasteiger partial charge in [-0.2, -0.15) is 5.17 Å². The van der Waals surface area contributed by atoms with Crippen LogP contribution in [0.1, 0.15) is 20.8 Å². The van der Waals surface area contributed by atoms with Gasteiger partial charge in [0.25, 0.3) is 0 Å². The highest BCUT2D eigenvalue weighted by Crippen LogP contribution is 2.38. The molecule has 0 spiro atoms. The Morgan fingerprint density at radius 3 is 2.00 bits per heavy atom. The quantitative estimate of drug-likeness (QED) is 0.488. The van der Waals surface area contributed by atoms with E-state index in [1.807, 2.05) is 0 Å².